The Hall–Kier alpha value is -1.86. The number of anilines is 1. The van der Waals surface area contributed by atoms with Crippen molar-refractivity contribution in [1.82, 2.24) is 9.62 Å². The van der Waals surface area contributed by atoms with Crippen LogP contribution in [-0.4, -0.2) is 52.2 Å². The van der Waals surface area contributed by atoms with Gasteiger partial charge in [-0.2, -0.15) is 26.3 Å². The molecule has 0 aliphatic carbocycles. The fraction of sp³-hybridized carbons (Fsp3) is 0.500. The van der Waals surface area contributed by atoms with Gasteiger partial charge in [0.1, 0.15) is 0 Å². The fourth-order valence-corrected chi connectivity index (χ4v) is 2.44. The summed E-state index contributed by atoms with van der Waals surface area (Å²) in [6.07, 6.45) is -9.10. The zero-order valence-electron chi connectivity index (χ0n) is 14.2. The number of hydrogen-bond acceptors (Lipinski definition) is 4. The first-order valence-corrected chi connectivity index (χ1v) is 9.19. The van der Waals surface area contributed by atoms with Gasteiger partial charge in [-0.05, 0) is 25.2 Å². The van der Waals surface area contributed by atoms with Crippen LogP contribution in [0.25, 0.3) is 0 Å². The minimum absolute atomic E-state index is 0.0234. The van der Waals surface area contributed by atoms with Crippen molar-refractivity contribution in [2.75, 3.05) is 38.3 Å². The molecule has 0 fully saturated rings. The number of benzene rings is 1. The van der Waals surface area contributed by atoms with Crippen molar-refractivity contribution in [3.05, 3.63) is 29.3 Å². The molecule has 154 valence electrons. The highest BCUT2D eigenvalue weighted by Gasteiger charge is 2.37. The molecule has 0 saturated carbocycles. The molecule has 1 aromatic carbocycles. The van der Waals surface area contributed by atoms with Crippen molar-refractivity contribution in [2.24, 2.45) is 0 Å². The van der Waals surface area contributed by atoms with E-state index < -0.39 is 45.1 Å². The molecule has 0 aliphatic heterocycles. The summed E-state index contributed by atoms with van der Waals surface area (Å²) in [7, 11) is -2.00. The number of likely N-dealkylation sites (N-methyl/N-ethyl adjacent to an activating group) is 1. The van der Waals surface area contributed by atoms with Crippen molar-refractivity contribution in [2.45, 2.75) is 12.4 Å². The Morgan fingerprint density at radius 2 is 1.52 bits per heavy atom. The predicted molar refractivity (Wildman–Crippen MR) is 85.4 cm³/mol. The van der Waals surface area contributed by atoms with Gasteiger partial charge in [0.2, 0.25) is 15.9 Å². The summed E-state index contributed by atoms with van der Waals surface area (Å²) in [5.41, 5.74) is -3.73. The monoisotopic (exact) mass is 421 g/mol. The molecule has 6 nitrogen and oxygen atoms in total. The second-order valence-electron chi connectivity index (χ2n) is 5.75. The lowest BCUT2D eigenvalue weighted by Crippen LogP contribution is -2.36. The summed E-state index contributed by atoms with van der Waals surface area (Å²) < 4.78 is 101. The lowest BCUT2D eigenvalue weighted by atomic mass is 10.1. The van der Waals surface area contributed by atoms with Crippen molar-refractivity contribution < 1.29 is 39.6 Å². The lowest BCUT2D eigenvalue weighted by molar-refractivity contribution is -0.143. The van der Waals surface area contributed by atoms with E-state index in [0.717, 1.165) is 6.26 Å². The molecule has 0 heterocycles. The van der Waals surface area contributed by atoms with E-state index in [-0.39, 0.29) is 25.7 Å². The summed E-state index contributed by atoms with van der Waals surface area (Å²) >= 11 is 0. The maximum Gasteiger partial charge on any atom is 0.416 e. The number of carbonyl (C=O) groups excluding carboxylic acids is 1. The largest absolute Gasteiger partial charge is 0.416 e. The zero-order valence-corrected chi connectivity index (χ0v) is 15.0. The van der Waals surface area contributed by atoms with E-state index in [2.05, 4.69) is 4.72 Å². The number of alkyl halides is 6. The Bertz CT molecular complexity index is 745. The molecule has 2 N–H and O–H groups in total. The van der Waals surface area contributed by atoms with Crippen LogP contribution in [0.15, 0.2) is 18.2 Å². The first-order valence-electron chi connectivity index (χ1n) is 7.30. The van der Waals surface area contributed by atoms with Crippen LogP contribution in [0, 0.1) is 0 Å². The Morgan fingerprint density at radius 1 is 1.04 bits per heavy atom. The Labute approximate surface area is 151 Å². The molecule has 0 unspecified atom stereocenters. The van der Waals surface area contributed by atoms with Gasteiger partial charge in [0.15, 0.2) is 0 Å². The Kier molecular flexibility index (Phi) is 7.24. The minimum Gasteiger partial charge on any atom is -0.325 e. The maximum atomic E-state index is 12.8. The molecule has 0 aliphatic rings. The molecule has 1 rings (SSSR count). The summed E-state index contributed by atoms with van der Waals surface area (Å²) in [4.78, 5) is 13.2. The third-order valence-corrected chi connectivity index (χ3v) is 3.87. The van der Waals surface area contributed by atoms with E-state index in [1.807, 2.05) is 5.32 Å². The van der Waals surface area contributed by atoms with Gasteiger partial charge >= 0.3 is 12.4 Å². The van der Waals surface area contributed by atoms with Crippen LogP contribution in [0.3, 0.4) is 0 Å². The highest BCUT2D eigenvalue weighted by Crippen LogP contribution is 2.37. The normalized spacial score (nSPS) is 13.1. The number of nitrogens with zero attached hydrogens (tertiary/aromatic N) is 1. The van der Waals surface area contributed by atoms with E-state index >= 15 is 0 Å². The van der Waals surface area contributed by atoms with Crippen molar-refractivity contribution in [3.8, 4) is 0 Å². The molecule has 1 aromatic rings. The fourth-order valence-electron chi connectivity index (χ4n) is 1.97. The van der Waals surface area contributed by atoms with E-state index in [1.54, 1.807) is 0 Å². The van der Waals surface area contributed by atoms with E-state index in [1.165, 1.54) is 11.9 Å². The van der Waals surface area contributed by atoms with Crippen LogP contribution in [-0.2, 0) is 27.2 Å². The van der Waals surface area contributed by atoms with Gasteiger partial charge in [-0.3, -0.25) is 9.69 Å². The van der Waals surface area contributed by atoms with E-state index in [9.17, 15) is 39.6 Å². The van der Waals surface area contributed by atoms with Gasteiger partial charge in [-0.15, -0.1) is 0 Å². The SMILES string of the molecule is CN(CCNS(C)(=O)=O)CC(=O)Nc1cc(C(F)(F)F)cc(C(F)(F)F)c1. The highest BCUT2D eigenvalue weighted by molar-refractivity contribution is 7.88. The molecule has 0 spiro atoms. The van der Waals surface area contributed by atoms with Crippen LogP contribution in [0.2, 0.25) is 0 Å². The molecule has 27 heavy (non-hydrogen) atoms. The van der Waals surface area contributed by atoms with Gasteiger partial charge in [-0.25, -0.2) is 13.1 Å². The number of rotatable bonds is 7. The molecule has 0 aromatic heterocycles. The summed E-state index contributed by atoms with van der Waals surface area (Å²) in [5.74, 6) is -0.857. The van der Waals surface area contributed by atoms with Crippen LogP contribution < -0.4 is 10.0 Å². The Morgan fingerprint density at radius 3 is 1.93 bits per heavy atom. The summed E-state index contributed by atoms with van der Waals surface area (Å²) in [6.45, 7) is -0.301. The van der Waals surface area contributed by atoms with Crippen molar-refractivity contribution >= 4 is 21.6 Å². The van der Waals surface area contributed by atoms with Gasteiger partial charge in [0.05, 0.1) is 23.9 Å². The van der Waals surface area contributed by atoms with Crippen molar-refractivity contribution in [1.29, 1.82) is 0 Å². The minimum atomic E-state index is -5.02. The Balaban J connectivity index is 2.83. The maximum absolute atomic E-state index is 12.8. The molecular weight excluding hydrogens is 404 g/mol. The third-order valence-electron chi connectivity index (χ3n) is 3.14. The average Bonchev–Trinajstić information content (AvgIpc) is 2.43. The number of nitrogens with one attached hydrogen (secondary N) is 2. The second-order valence-corrected chi connectivity index (χ2v) is 7.58. The van der Waals surface area contributed by atoms with Crippen molar-refractivity contribution in [3.63, 3.8) is 0 Å². The molecular formula is C14H17F6N3O3S. The van der Waals surface area contributed by atoms with Crippen LogP contribution in [0.1, 0.15) is 11.1 Å². The van der Waals surface area contributed by atoms with E-state index in [0.29, 0.717) is 12.1 Å². The lowest BCUT2D eigenvalue weighted by Gasteiger charge is -2.18. The molecule has 0 atom stereocenters. The number of amides is 1. The topological polar surface area (TPSA) is 78.5 Å². The highest BCUT2D eigenvalue weighted by atomic mass is 32.2. The molecule has 0 bridgehead atoms. The first-order chi connectivity index (χ1) is 12.1. The second kappa shape index (κ2) is 8.44. The standard InChI is InChI=1S/C14H17F6N3O3S/c1-23(4-3-21-27(2,25)26)8-12(24)22-11-6-9(13(15,16)17)5-10(7-11)14(18,19)20/h5-7,21H,3-4,8H2,1-2H3,(H,22,24). The zero-order chi connectivity index (χ0) is 21.0. The average molecular weight is 421 g/mol. The quantitative estimate of drug-likeness (QED) is 0.662. The summed E-state index contributed by atoms with van der Waals surface area (Å²) in [6, 6.07) is 0.759. The molecule has 13 heteroatoms. The van der Waals surface area contributed by atoms with E-state index in [4.69, 9.17) is 0 Å². The number of sulfonamides is 1. The van der Waals surface area contributed by atoms with Gasteiger partial charge in [0.25, 0.3) is 0 Å². The molecule has 1 amide bonds. The number of halogens is 6. The number of hydrogen-bond donors (Lipinski definition) is 2. The predicted octanol–water partition coefficient (Wildman–Crippen LogP) is 2.14. The molecule has 0 radical (unpaired) electrons. The molecule has 0 saturated heterocycles. The summed E-state index contributed by atoms with van der Waals surface area (Å²) in [5, 5.41) is 1.99. The smallest absolute Gasteiger partial charge is 0.325 e. The van der Waals surface area contributed by atoms with Crippen LogP contribution in [0.5, 0.6) is 0 Å². The van der Waals surface area contributed by atoms with Gasteiger partial charge < -0.3 is 5.32 Å². The third kappa shape index (κ3) is 8.58. The van der Waals surface area contributed by atoms with Gasteiger partial charge in [0, 0.05) is 18.8 Å². The first kappa shape index (κ1) is 23.2. The van der Waals surface area contributed by atoms with Gasteiger partial charge in [-0.1, -0.05) is 0 Å². The number of carbonyl (C=O) groups is 1. The van der Waals surface area contributed by atoms with Crippen LogP contribution in [0.4, 0.5) is 32.0 Å². The van der Waals surface area contributed by atoms with Crippen LogP contribution >= 0.6 is 0 Å².